The fraction of sp³-hybridized carbons (Fsp3) is 0.125. The summed E-state index contributed by atoms with van der Waals surface area (Å²) in [6.45, 7) is 4.07. The van der Waals surface area contributed by atoms with Gasteiger partial charge in [0.1, 0.15) is 18.1 Å². The molecule has 19 heavy (non-hydrogen) atoms. The number of phenolic OH excluding ortho intramolecular Hbond substituents is 1. The predicted molar refractivity (Wildman–Crippen MR) is 76.0 cm³/mol. The largest absolute Gasteiger partial charge is 0.507 e. The molecule has 2 rings (SSSR count). The summed E-state index contributed by atoms with van der Waals surface area (Å²) >= 11 is 0. The van der Waals surface area contributed by atoms with Crippen LogP contribution in [-0.4, -0.2) is 5.11 Å². The van der Waals surface area contributed by atoms with Crippen LogP contribution in [0.25, 0.3) is 0 Å². The van der Waals surface area contributed by atoms with Crippen LogP contribution in [0.2, 0.25) is 0 Å². The average Bonchev–Trinajstić information content (AvgIpc) is 2.45. The van der Waals surface area contributed by atoms with Gasteiger partial charge in [0.15, 0.2) is 0 Å². The maximum atomic E-state index is 9.88. The SMILES string of the molecule is C=C[C@@H](N)c1ccc(OCc2ccccc2)cc1O. The first-order valence-corrected chi connectivity index (χ1v) is 6.08. The molecule has 0 aliphatic carbocycles. The molecule has 2 aromatic rings. The molecule has 0 amide bonds. The highest BCUT2D eigenvalue weighted by Gasteiger charge is 2.08. The topological polar surface area (TPSA) is 55.5 Å². The summed E-state index contributed by atoms with van der Waals surface area (Å²) in [5.74, 6) is 0.735. The van der Waals surface area contributed by atoms with Gasteiger partial charge in [0.2, 0.25) is 0 Å². The van der Waals surface area contributed by atoms with Crippen LogP contribution in [0.5, 0.6) is 11.5 Å². The molecule has 0 saturated carbocycles. The van der Waals surface area contributed by atoms with Crippen LogP contribution in [0, 0.1) is 0 Å². The first-order valence-electron chi connectivity index (χ1n) is 6.08. The third-order valence-corrected chi connectivity index (χ3v) is 2.86. The normalized spacial score (nSPS) is 11.8. The molecule has 3 N–H and O–H groups in total. The van der Waals surface area contributed by atoms with Crippen LogP contribution in [0.15, 0.2) is 61.2 Å². The monoisotopic (exact) mass is 255 g/mol. The molecule has 0 aliphatic heterocycles. The van der Waals surface area contributed by atoms with Crippen LogP contribution >= 0.6 is 0 Å². The highest BCUT2D eigenvalue weighted by molar-refractivity contribution is 5.42. The van der Waals surface area contributed by atoms with Gasteiger partial charge in [-0.15, -0.1) is 6.58 Å². The van der Waals surface area contributed by atoms with Crippen LogP contribution in [0.4, 0.5) is 0 Å². The van der Waals surface area contributed by atoms with E-state index >= 15 is 0 Å². The molecular formula is C16H17NO2. The fourth-order valence-corrected chi connectivity index (χ4v) is 1.76. The lowest BCUT2D eigenvalue weighted by Crippen LogP contribution is -2.06. The summed E-state index contributed by atoms with van der Waals surface area (Å²) in [6, 6.07) is 14.6. The Morgan fingerprint density at radius 3 is 2.58 bits per heavy atom. The molecular weight excluding hydrogens is 238 g/mol. The fourth-order valence-electron chi connectivity index (χ4n) is 1.76. The Hall–Kier alpha value is -2.26. The Labute approximate surface area is 113 Å². The lowest BCUT2D eigenvalue weighted by molar-refractivity contribution is 0.304. The van der Waals surface area contributed by atoms with E-state index in [1.165, 1.54) is 0 Å². The van der Waals surface area contributed by atoms with Gasteiger partial charge in [-0.25, -0.2) is 0 Å². The number of phenols is 1. The van der Waals surface area contributed by atoms with Crippen molar-refractivity contribution in [1.29, 1.82) is 0 Å². The van der Waals surface area contributed by atoms with Crippen molar-refractivity contribution in [2.24, 2.45) is 5.73 Å². The summed E-state index contributed by atoms with van der Waals surface area (Å²) in [7, 11) is 0. The number of aromatic hydroxyl groups is 1. The standard InChI is InChI=1S/C16H17NO2/c1-2-15(17)14-9-8-13(10-16(14)18)19-11-12-6-4-3-5-7-12/h2-10,15,18H,1,11,17H2/t15-/m1/s1. The van der Waals surface area contributed by atoms with Crippen molar-refractivity contribution in [1.82, 2.24) is 0 Å². The summed E-state index contributed by atoms with van der Waals surface area (Å²) < 4.78 is 5.61. The second kappa shape index (κ2) is 6.07. The van der Waals surface area contributed by atoms with Crippen molar-refractivity contribution < 1.29 is 9.84 Å². The van der Waals surface area contributed by atoms with Gasteiger partial charge in [-0.2, -0.15) is 0 Å². The van der Waals surface area contributed by atoms with Crippen molar-refractivity contribution in [3.63, 3.8) is 0 Å². The van der Waals surface area contributed by atoms with Gasteiger partial charge in [0, 0.05) is 11.6 Å². The zero-order chi connectivity index (χ0) is 13.7. The van der Waals surface area contributed by atoms with Gasteiger partial charge in [-0.05, 0) is 17.7 Å². The number of benzene rings is 2. The van der Waals surface area contributed by atoms with Crippen molar-refractivity contribution in [3.05, 3.63) is 72.3 Å². The van der Waals surface area contributed by atoms with E-state index in [0.717, 1.165) is 5.56 Å². The maximum Gasteiger partial charge on any atom is 0.124 e. The number of hydrogen-bond acceptors (Lipinski definition) is 3. The van der Waals surface area contributed by atoms with Crippen LogP contribution < -0.4 is 10.5 Å². The quantitative estimate of drug-likeness (QED) is 0.807. The van der Waals surface area contributed by atoms with Crippen molar-refractivity contribution in [2.75, 3.05) is 0 Å². The summed E-state index contributed by atoms with van der Waals surface area (Å²) in [5.41, 5.74) is 7.51. The second-order valence-corrected chi connectivity index (χ2v) is 4.26. The van der Waals surface area contributed by atoms with Crippen molar-refractivity contribution >= 4 is 0 Å². The minimum atomic E-state index is -0.372. The molecule has 0 fully saturated rings. The summed E-state index contributed by atoms with van der Waals surface area (Å²) in [4.78, 5) is 0. The second-order valence-electron chi connectivity index (χ2n) is 4.26. The molecule has 3 heteroatoms. The zero-order valence-corrected chi connectivity index (χ0v) is 10.6. The van der Waals surface area contributed by atoms with Crippen molar-refractivity contribution in [2.45, 2.75) is 12.6 Å². The van der Waals surface area contributed by atoms with E-state index < -0.39 is 0 Å². The van der Waals surface area contributed by atoms with Gasteiger partial charge in [-0.1, -0.05) is 36.4 Å². The van der Waals surface area contributed by atoms with Gasteiger partial charge in [0.25, 0.3) is 0 Å². The van der Waals surface area contributed by atoms with E-state index in [1.807, 2.05) is 30.3 Å². The lowest BCUT2D eigenvalue weighted by atomic mass is 10.1. The molecule has 0 aromatic heterocycles. The molecule has 98 valence electrons. The van der Waals surface area contributed by atoms with Crippen LogP contribution in [0.1, 0.15) is 17.2 Å². The van der Waals surface area contributed by atoms with Gasteiger partial charge >= 0.3 is 0 Å². The zero-order valence-electron chi connectivity index (χ0n) is 10.6. The molecule has 0 saturated heterocycles. The highest BCUT2D eigenvalue weighted by atomic mass is 16.5. The molecule has 0 heterocycles. The van der Waals surface area contributed by atoms with Crippen LogP contribution in [0.3, 0.4) is 0 Å². The third kappa shape index (κ3) is 3.36. The van der Waals surface area contributed by atoms with E-state index in [1.54, 1.807) is 24.3 Å². The number of hydrogen-bond donors (Lipinski definition) is 2. The Morgan fingerprint density at radius 1 is 1.21 bits per heavy atom. The number of ether oxygens (including phenoxy) is 1. The maximum absolute atomic E-state index is 9.88. The van der Waals surface area contributed by atoms with Crippen LogP contribution in [-0.2, 0) is 6.61 Å². The van der Waals surface area contributed by atoms with Gasteiger partial charge < -0.3 is 15.6 Å². The Kier molecular flexibility index (Phi) is 4.21. The Balaban J connectivity index is 2.06. The summed E-state index contributed by atoms with van der Waals surface area (Å²) in [5, 5.41) is 9.88. The smallest absolute Gasteiger partial charge is 0.124 e. The Morgan fingerprint density at radius 2 is 1.95 bits per heavy atom. The third-order valence-electron chi connectivity index (χ3n) is 2.86. The molecule has 2 aromatic carbocycles. The minimum absolute atomic E-state index is 0.123. The van der Waals surface area contributed by atoms with E-state index in [0.29, 0.717) is 17.9 Å². The molecule has 0 spiro atoms. The molecule has 1 atom stereocenters. The highest BCUT2D eigenvalue weighted by Crippen LogP contribution is 2.28. The van der Waals surface area contributed by atoms with E-state index in [4.69, 9.17) is 10.5 Å². The van der Waals surface area contributed by atoms with E-state index in [2.05, 4.69) is 6.58 Å². The molecule has 0 radical (unpaired) electrons. The molecule has 0 unspecified atom stereocenters. The lowest BCUT2D eigenvalue weighted by Gasteiger charge is -2.11. The van der Waals surface area contributed by atoms with E-state index in [9.17, 15) is 5.11 Å². The number of rotatable bonds is 5. The Bertz CT molecular complexity index is 552. The predicted octanol–water partition coefficient (Wildman–Crippen LogP) is 3.16. The molecule has 0 bridgehead atoms. The van der Waals surface area contributed by atoms with Gasteiger partial charge in [-0.3, -0.25) is 0 Å². The first kappa shape index (κ1) is 13.2. The number of nitrogens with two attached hydrogens (primary N) is 1. The van der Waals surface area contributed by atoms with E-state index in [-0.39, 0.29) is 11.8 Å². The molecule has 0 aliphatic rings. The molecule has 3 nitrogen and oxygen atoms in total. The van der Waals surface area contributed by atoms with Crippen molar-refractivity contribution in [3.8, 4) is 11.5 Å². The average molecular weight is 255 g/mol. The summed E-state index contributed by atoms with van der Waals surface area (Å²) in [6.07, 6.45) is 1.58. The van der Waals surface area contributed by atoms with Gasteiger partial charge in [0.05, 0.1) is 6.04 Å². The minimum Gasteiger partial charge on any atom is -0.507 e. The first-order chi connectivity index (χ1) is 9.20.